The quantitative estimate of drug-likeness (QED) is 0.654. The Hall–Kier alpha value is -1.14. The molecule has 0 spiro atoms. The fourth-order valence-electron chi connectivity index (χ4n) is 0.905. The zero-order valence-corrected chi connectivity index (χ0v) is 7.86. The molecule has 1 aromatic rings. The Morgan fingerprint density at radius 3 is 2.83 bits per heavy atom. The largest absolute Gasteiger partial charge is 0.293 e. The summed E-state index contributed by atoms with van der Waals surface area (Å²) in [5, 5.41) is 8.64. The molecule has 0 atom stereocenters. The summed E-state index contributed by atoms with van der Waals surface area (Å²) < 4.78 is 0. The van der Waals surface area contributed by atoms with E-state index in [4.69, 9.17) is 5.26 Å². The maximum absolute atomic E-state index is 11.2. The third-order valence-corrected chi connectivity index (χ3v) is 2.80. The van der Waals surface area contributed by atoms with Crippen LogP contribution in [0.3, 0.4) is 0 Å². The average Bonchev–Trinajstić information content (AvgIpc) is 2.45. The number of nitriles is 1. The Kier molecular flexibility index (Phi) is 2.61. The molecule has 3 heteroatoms. The van der Waals surface area contributed by atoms with Crippen LogP contribution in [0.25, 0.3) is 0 Å². The topological polar surface area (TPSA) is 40.9 Å². The van der Waals surface area contributed by atoms with Crippen molar-refractivity contribution >= 4 is 17.1 Å². The molecule has 0 saturated heterocycles. The summed E-state index contributed by atoms with van der Waals surface area (Å²) in [4.78, 5) is 12.5. The van der Waals surface area contributed by atoms with Crippen LogP contribution >= 0.6 is 11.3 Å². The molecule has 0 unspecified atom stereocenters. The van der Waals surface area contributed by atoms with E-state index in [1.165, 1.54) is 11.3 Å². The van der Waals surface area contributed by atoms with Crippen molar-refractivity contribution in [2.24, 2.45) is 0 Å². The molecule has 0 saturated carbocycles. The summed E-state index contributed by atoms with van der Waals surface area (Å²) in [6.07, 6.45) is 0.505. The van der Waals surface area contributed by atoms with Gasteiger partial charge in [0.05, 0.1) is 4.88 Å². The summed E-state index contributed by atoms with van der Waals surface area (Å²) in [6, 6.07) is 3.85. The Labute approximate surface area is 75.5 Å². The van der Waals surface area contributed by atoms with E-state index in [0.717, 1.165) is 5.56 Å². The van der Waals surface area contributed by atoms with Crippen LogP contribution in [0.1, 0.15) is 33.5 Å². The Morgan fingerprint density at radius 1 is 1.75 bits per heavy atom. The highest BCUT2D eigenvalue weighted by atomic mass is 32.1. The van der Waals surface area contributed by atoms with Gasteiger partial charge in [0.1, 0.15) is 10.9 Å². The van der Waals surface area contributed by atoms with Crippen molar-refractivity contribution < 1.29 is 4.79 Å². The fraction of sp³-hybridized carbons (Fsp3) is 0.333. The first-order chi connectivity index (χ1) is 5.69. The summed E-state index contributed by atoms with van der Waals surface area (Å²) in [5.41, 5.74) is 0.902. The maximum atomic E-state index is 11.2. The normalized spacial score (nSPS) is 9.42. The number of rotatable bonds is 2. The van der Waals surface area contributed by atoms with Crippen LogP contribution < -0.4 is 0 Å². The van der Waals surface area contributed by atoms with E-state index in [0.29, 0.717) is 16.2 Å². The van der Waals surface area contributed by atoms with Crippen molar-refractivity contribution in [2.75, 3.05) is 0 Å². The van der Waals surface area contributed by atoms with Gasteiger partial charge in [-0.25, -0.2) is 0 Å². The second-order valence-corrected chi connectivity index (χ2v) is 3.56. The number of aryl methyl sites for hydroxylation is 1. The third kappa shape index (κ3) is 1.54. The molecule has 2 nitrogen and oxygen atoms in total. The standard InChI is InChI=1S/C9H9NOS/c1-3-7(11)8-4-6(2)9(5-10)12-8/h4H,3H2,1-2H3. The number of hydrogen-bond acceptors (Lipinski definition) is 3. The van der Waals surface area contributed by atoms with E-state index in [-0.39, 0.29) is 5.78 Å². The molecule has 1 heterocycles. The first-order valence-corrected chi connectivity index (χ1v) is 4.54. The maximum Gasteiger partial charge on any atom is 0.172 e. The van der Waals surface area contributed by atoms with Crippen LogP contribution in [-0.4, -0.2) is 5.78 Å². The van der Waals surface area contributed by atoms with Gasteiger partial charge in [-0.05, 0) is 18.6 Å². The number of hydrogen-bond donors (Lipinski definition) is 0. The predicted octanol–water partition coefficient (Wildman–Crippen LogP) is 2.52. The zero-order valence-electron chi connectivity index (χ0n) is 7.05. The monoisotopic (exact) mass is 179 g/mol. The van der Waals surface area contributed by atoms with Gasteiger partial charge >= 0.3 is 0 Å². The van der Waals surface area contributed by atoms with Crippen molar-refractivity contribution in [3.63, 3.8) is 0 Å². The molecule has 12 heavy (non-hydrogen) atoms. The fourth-order valence-corrected chi connectivity index (χ4v) is 1.88. The van der Waals surface area contributed by atoms with Gasteiger partial charge < -0.3 is 0 Å². The average molecular weight is 179 g/mol. The van der Waals surface area contributed by atoms with E-state index in [9.17, 15) is 4.79 Å². The molecule has 0 aliphatic rings. The molecule has 0 aliphatic carbocycles. The molecular formula is C9H9NOS. The smallest absolute Gasteiger partial charge is 0.172 e. The molecule has 0 radical (unpaired) electrons. The highest BCUT2D eigenvalue weighted by Gasteiger charge is 2.09. The lowest BCUT2D eigenvalue weighted by atomic mass is 10.2. The zero-order chi connectivity index (χ0) is 9.14. The second kappa shape index (κ2) is 3.51. The molecule has 0 aliphatic heterocycles. The number of Topliss-reactive ketones (excluding diaryl/α,β-unsaturated/α-hetero) is 1. The third-order valence-electron chi connectivity index (χ3n) is 1.62. The van der Waals surface area contributed by atoms with Gasteiger partial charge in [0.15, 0.2) is 5.78 Å². The van der Waals surface area contributed by atoms with Gasteiger partial charge in [0.25, 0.3) is 0 Å². The van der Waals surface area contributed by atoms with E-state index < -0.39 is 0 Å². The molecular weight excluding hydrogens is 170 g/mol. The predicted molar refractivity (Wildman–Crippen MR) is 48.4 cm³/mol. The first kappa shape index (κ1) is 8.95. The van der Waals surface area contributed by atoms with Gasteiger partial charge in [-0.15, -0.1) is 11.3 Å². The van der Waals surface area contributed by atoms with Gasteiger partial charge in [-0.3, -0.25) is 4.79 Å². The molecule has 62 valence electrons. The van der Waals surface area contributed by atoms with E-state index in [2.05, 4.69) is 6.07 Å². The molecule has 0 amide bonds. The van der Waals surface area contributed by atoms with Crippen molar-refractivity contribution in [3.05, 3.63) is 21.4 Å². The van der Waals surface area contributed by atoms with Gasteiger partial charge in [0.2, 0.25) is 0 Å². The molecule has 1 aromatic heterocycles. The highest BCUT2D eigenvalue weighted by molar-refractivity contribution is 7.14. The molecule has 0 aromatic carbocycles. The minimum absolute atomic E-state index is 0.115. The molecule has 0 fully saturated rings. The minimum atomic E-state index is 0.115. The van der Waals surface area contributed by atoms with Crippen molar-refractivity contribution in [3.8, 4) is 6.07 Å². The molecule has 1 rings (SSSR count). The lowest BCUT2D eigenvalue weighted by Crippen LogP contribution is -1.90. The van der Waals surface area contributed by atoms with E-state index >= 15 is 0 Å². The van der Waals surface area contributed by atoms with E-state index in [1.807, 2.05) is 13.8 Å². The lowest BCUT2D eigenvalue weighted by molar-refractivity contribution is 0.0992. The van der Waals surface area contributed by atoms with Gasteiger partial charge in [-0.2, -0.15) is 5.26 Å². The lowest BCUT2D eigenvalue weighted by Gasteiger charge is -1.87. The van der Waals surface area contributed by atoms with Crippen LogP contribution in [0, 0.1) is 18.3 Å². The summed E-state index contributed by atoms with van der Waals surface area (Å²) >= 11 is 1.28. The van der Waals surface area contributed by atoms with Crippen molar-refractivity contribution in [1.29, 1.82) is 5.26 Å². The van der Waals surface area contributed by atoms with Crippen LogP contribution in [0.2, 0.25) is 0 Å². The van der Waals surface area contributed by atoms with Crippen LogP contribution in [0.4, 0.5) is 0 Å². The summed E-state index contributed by atoms with van der Waals surface area (Å²) in [5.74, 6) is 0.115. The van der Waals surface area contributed by atoms with E-state index in [1.54, 1.807) is 6.07 Å². The van der Waals surface area contributed by atoms with Crippen LogP contribution in [0.5, 0.6) is 0 Å². The van der Waals surface area contributed by atoms with Crippen molar-refractivity contribution in [1.82, 2.24) is 0 Å². The van der Waals surface area contributed by atoms with Crippen LogP contribution in [-0.2, 0) is 0 Å². The Balaban J connectivity index is 3.07. The Bertz CT molecular complexity index is 346. The van der Waals surface area contributed by atoms with Gasteiger partial charge in [-0.1, -0.05) is 6.92 Å². The minimum Gasteiger partial charge on any atom is -0.293 e. The first-order valence-electron chi connectivity index (χ1n) is 3.72. The summed E-state index contributed by atoms with van der Waals surface area (Å²) in [7, 11) is 0. The molecule has 0 N–H and O–H groups in total. The Morgan fingerprint density at radius 2 is 2.42 bits per heavy atom. The number of ketones is 1. The number of thiophene rings is 1. The highest BCUT2D eigenvalue weighted by Crippen LogP contribution is 2.21. The number of carbonyl (C=O) groups excluding carboxylic acids is 1. The van der Waals surface area contributed by atoms with Gasteiger partial charge in [0, 0.05) is 6.42 Å². The van der Waals surface area contributed by atoms with Crippen molar-refractivity contribution in [2.45, 2.75) is 20.3 Å². The number of carbonyl (C=O) groups is 1. The molecule has 0 bridgehead atoms. The number of nitrogens with zero attached hydrogens (tertiary/aromatic N) is 1. The SMILES string of the molecule is CCC(=O)c1cc(C)c(C#N)s1. The summed E-state index contributed by atoms with van der Waals surface area (Å²) in [6.45, 7) is 3.67. The second-order valence-electron chi connectivity index (χ2n) is 2.51. The van der Waals surface area contributed by atoms with Crippen LogP contribution in [0.15, 0.2) is 6.07 Å².